The molecule has 0 nitrogen and oxygen atoms in total. The van der Waals surface area contributed by atoms with Crippen molar-refractivity contribution >= 4 is 0 Å². The molecule has 0 amide bonds. The minimum absolute atomic E-state index is 0.446. The van der Waals surface area contributed by atoms with Gasteiger partial charge in [-0.3, -0.25) is 0 Å². The Morgan fingerprint density at radius 1 is 1.09 bits per heavy atom. The van der Waals surface area contributed by atoms with Crippen LogP contribution >= 0.6 is 0 Å². The van der Waals surface area contributed by atoms with E-state index >= 15 is 0 Å². The van der Waals surface area contributed by atoms with Crippen LogP contribution in [0.15, 0.2) is 23.3 Å². The maximum absolute atomic E-state index is 2.32. The third-order valence-corrected chi connectivity index (χ3v) is 1.88. The molecule has 0 aliphatic heterocycles. The van der Waals surface area contributed by atoms with E-state index in [1.54, 1.807) is 0 Å². The molecule has 0 spiro atoms. The zero-order chi connectivity index (χ0) is 8.48. The first-order valence-electron chi connectivity index (χ1n) is 4.42. The summed E-state index contributed by atoms with van der Waals surface area (Å²) < 4.78 is 0. The predicted octanol–water partition coefficient (Wildman–Crippen LogP) is 3.70. The molecule has 0 saturated carbocycles. The Morgan fingerprint density at radius 3 is 2.00 bits per heavy atom. The van der Waals surface area contributed by atoms with Crippen LogP contribution in [0.2, 0.25) is 0 Å². The van der Waals surface area contributed by atoms with Gasteiger partial charge in [0.25, 0.3) is 0 Å². The van der Waals surface area contributed by atoms with Gasteiger partial charge in [-0.2, -0.15) is 0 Å². The van der Waals surface area contributed by atoms with Crippen molar-refractivity contribution in [3.8, 4) is 0 Å². The largest absolute Gasteiger partial charge is 0.0613 e. The van der Waals surface area contributed by atoms with Gasteiger partial charge in [0.1, 0.15) is 0 Å². The molecule has 0 saturated heterocycles. The van der Waals surface area contributed by atoms with Gasteiger partial charge in [-0.15, -0.1) is 0 Å². The first kappa shape index (κ1) is 8.58. The Morgan fingerprint density at radius 2 is 1.64 bits per heavy atom. The summed E-state index contributed by atoms with van der Waals surface area (Å²) in [5, 5.41) is 0. The van der Waals surface area contributed by atoms with Gasteiger partial charge in [-0.1, -0.05) is 39.8 Å². The fourth-order valence-corrected chi connectivity index (χ4v) is 1.38. The van der Waals surface area contributed by atoms with E-state index in [0.717, 1.165) is 0 Å². The van der Waals surface area contributed by atoms with Gasteiger partial charge in [-0.05, 0) is 29.4 Å². The van der Waals surface area contributed by atoms with Crippen LogP contribution in [0.1, 0.15) is 40.5 Å². The molecule has 0 aromatic heterocycles. The lowest BCUT2D eigenvalue weighted by atomic mass is 9.83. The molecule has 0 aromatic rings. The van der Waals surface area contributed by atoms with E-state index in [1.807, 2.05) is 0 Å². The second-order valence-electron chi connectivity index (χ2n) is 4.53. The van der Waals surface area contributed by atoms with Crippen LogP contribution in [0.5, 0.6) is 0 Å². The average molecular weight is 150 g/mol. The fraction of sp³-hybridized carbons (Fsp3) is 0.636. The minimum atomic E-state index is 0.446. The van der Waals surface area contributed by atoms with E-state index in [0.29, 0.717) is 5.41 Å². The van der Waals surface area contributed by atoms with Crippen molar-refractivity contribution in [3.63, 3.8) is 0 Å². The van der Waals surface area contributed by atoms with Gasteiger partial charge in [-0.25, -0.2) is 0 Å². The van der Waals surface area contributed by atoms with Gasteiger partial charge in [0.05, 0.1) is 0 Å². The summed E-state index contributed by atoms with van der Waals surface area (Å²) in [5.41, 5.74) is 3.47. The second kappa shape index (κ2) is 2.84. The van der Waals surface area contributed by atoms with E-state index in [9.17, 15) is 0 Å². The Bertz CT molecular complexity index is 199. The van der Waals surface area contributed by atoms with Crippen LogP contribution < -0.4 is 0 Å². The molecular weight excluding hydrogens is 132 g/mol. The Hall–Kier alpha value is -0.520. The Kier molecular flexibility index (Phi) is 2.22. The lowest BCUT2D eigenvalue weighted by Gasteiger charge is -2.23. The van der Waals surface area contributed by atoms with Crippen LogP contribution in [0.3, 0.4) is 0 Å². The molecule has 0 heteroatoms. The first-order valence-corrected chi connectivity index (χ1v) is 4.42. The number of rotatable bonds is 2. The molecule has 0 N–H and O–H groups in total. The average Bonchev–Trinajstić information content (AvgIpc) is 1.75. The molecule has 1 rings (SSSR count). The molecule has 0 atom stereocenters. The van der Waals surface area contributed by atoms with Crippen molar-refractivity contribution in [2.45, 2.75) is 40.5 Å². The zero-order valence-corrected chi connectivity index (χ0v) is 8.07. The van der Waals surface area contributed by atoms with Gasteiger partial charge in [0.15, 0.2) is 0 Å². The molecule has 1 aliphatic rings. The van der Waals surface area contributed by atoms with Crippen molar-refractivity contribution in [2.75, 3.05) is 0 Å². The molecule has 0 fully saturated rings. The standard InChI is InChI=1S/C11H18/c1-5-9-6-10(7-9)8-11(2,3)4/h6-7H,5,8H2,1-4H3. The van der Waals surface area contributed by atoms with E-state index in [2.05, 4.69) is 39.8 Å². The van der Waals surface area contributed by atoms with Crippen molar-refractivity contribution in [2.24, 2.45) is 5.41 Å². The summed E-state index contributed by atoms with van der Waals surface area (Å²) in [6, 6.07) is 0. The summed E-state index contributed by atoms with van der Waals surface area (Å²) in [4.78, 5) is 0. The quantitative estimate of drug-likeness (QED) is 0.563. The lowest BCUT2D eigenvalue weighted by molar-refractivity contribution is 0.411. The van der Waals surface area contributed by atoms with E-state index in [4.69, 9.17) is 0 Å². The van der Waals surface area contributed by atoms with Crippen molar-refractivity contribution in [3.05, 3.63) is 23.3 Å². The number of allylic oxidation sites excluding steroid dienone is 4. The highest BCUT2D eigenvalue weighted by atomic mass is 14.2. The van der Waals surface area contributed by atoms with Gasteiger partial charge in [0, 0.05) is 0 Å². The highest BCUT2D eigenvalue weighted by Gasteiger charge is 2.15. The maximum atomic E-state index is 2.32. The molecule has 11 heavy (non-hydrogen) atoms. The van der Waals surface area contributed by atoms with Crippen molar-refractivity contribution in [1.29, 1.82) is 0 Å². The second-order valence-corrected chi connectivity index (χ2v) is 4.53. The smallest absolute Gasteiger partial charge is 0.0230 e. The van der Waals surface area contributed by atoms with Crippen molar-refractivity contribution < 1.29 is 0 Å². The highest BCUT2D eigenvalue weighted by molar-refractivity contribution is 5.44. The molecule has 0 heterocycles. The predicted molar refractivity (Wildman–Crippen MR) is 50.5 cm³/mol. The molecule has 0 aromatic carbocycles. The van der Waals surface area contributed by atoms with E-state index in [-0.39, 0.29) is 0 Å². The summed E-state index contributed by atoms with van der Waals surface area (Å²) in [6.07, 6.45) is 7.06. The third kappa shape index (κ3) is 2.53. The number of hydrogen-bond acceptors (Lipinski definition) is 0. The summed E-state index contributed by atoms with van der Waals surface area (Å²) in [5.74, 6) is 0. The zero-order valence-electron chi connectivity index (χ0n) is 8.07. The highest BCUT2D eigenvalue weighted by Crippen LogP contribution is 2.31. The SMILES string of the molecule is CCC1=CC(CC(C)(C)C)=C1. The van der Waals surface area contributed by atoms with Crippen LogP contribution in [0, 0.1) is 5.41 Å². The molecular formula is C11H18. The normalized spacial score (nSPS) is 17.1. The molecule has 62 valence electrons. The maximum Gasteiger partial charge on any atom is -0.0230 e. The van der Waals surface area contributed by atoms with Crippen LogP contribution in [0.25, 0.3) is 0 Å². The van der Waals surface area contributed by atoms with Gasteiger partial charge in [0.2, 0.25) is 0 Å². The molecule has 0 unspecified atom stereocenters. The summed E-state index contributed by atoms with van der Waals surface area (Å²) >= 11 is 0. The van der Waals surface area contributed by atoms with Crippen LogP contribution in [-0.4, -0.2) is 0 Å². The topological polar surface area (TPSA) is 0 Å². The van der Waals surface area contributed by atoms with E-state index in [1.165, 1.54) is 24.0 Å². The molecule has 1 aliphatic carbocycles. The monoisotopic (exact) mass is 150 g/mol. The van der Waals surface area contributed by atoms with Crippen LogP contribution in [0.4, 0.5) is 0 Å². The fourth-order valence-electron chi connectivity index (χ4n) is 1.38. The van der Waals surface area contributed by atoms with E-state index < -0.39 is 0 Å². The van der Waals surface area contributed by atoms with Crippen molar-refractivity contribution in [1.82, 2.24) is 0 Å². The van der Waals surface area contributed by atoms with Crippen LogP contribution in [-0.2, 0) is 0 Å². The van der Waals surface area contributed by atoms with Gasteiger partial charge >= 0.3 is 0 Å². The Labute approximate surface area is 70.0 Å². The third-order valence-electron chi connectivity index (χ3n) is 1.88. The molecule has 0 radical (unpaired) electrons. The minimum Gasteiger partial charge on any atom is -0.0613 e. The first-order chi connectivity index (χ1) is 5.01. The lowest BCUT2D eigenvalue weighted by Crippen LogP contribution is -2.08. The molecule has 0 bridgehead atoms. The summed E-state index contributed by atoms with van der Waals surface area (Å²) in [7, 11) is 0. The summed E-state index contributed by atoms with van der Waals surface area (Å²) in [6.45, 7) is 9.05. The van der Waals surface area contributed by atoms with Gasteiger partial charge < -0.3 is 0 Å². The Balaban J connectivity index is 2.35. The number of hydrogen-bond donors (Lipinski definition) is 0.